The number of rotatable bonds is 6. The van der Waals surface area contributed by atoms with Crippen LogP contribution >= 0.6 is 11.6 Å². The van der Waals surface area contributed by atoms with E-state index in [4.69, 9.17) is 22.9 Å². The first-order chi connectivity index (χ1) is 18.5. The first kappa shape index (κ1) is 25.4. The monoisotopic (exact) mass is 535 g/mol. The maximum Gasteiger partial charge on any atom is 0.274 e. The van der Waals surface area contributed by atoms with Gasteiger partial charge in [-0.2, -0.15) is 0 Å². The van der Waals surface area contributed by atoms with E-state index < -0.39 is 0 Å². The second-order valence-corrected chi connectivity index (χ2v) is 11.7. The molecule has 4 aliphatic rings. The number of ether oxygens (including phenoxy) is 1. The van der Waals surface area contributed by atoms with Crippen molar-refractivity contribution < 1.29 is 9.53 Å². The van der Waals surface area contributed by atoms with Crippen molar-refractivity contribution in [1.82, 2.24) is 25.3 Å². The number of likely N-dealkylation sites (tertiary alicyclic amines) is 1. The largest absolute Gasteiger partial charge is 0.490 e. The molecule has 1 spiro atoms. The van der Waals surface area contributed by atoms with Crippen molar-refractivity contribution in [2.75, 3.05) is 63.8 Å². The van der Waals surface area contributed by atoms with Gasteiger partial charge in [-0.15, -0.1) is 10.2 Å². The zero-order chi connectivity index (χ0) is 26.1. The molecule has 1 saturated carbocycles. The van der Waals surface area contributed by atoms with Crippen molar-refractivity contribution in [3.05, 3.63) is 52.5 Å². The van der Waals surface area contributed by atoms with Gasteiger partial charge in [0.15, 0.2) is 11.5 Å². The van der Waals surface area contributed by atoms with Crippen LogP contribution in [-0.2, 0) is 0 Å². The van der Waals surface area contributed by atoms with Gasteiger partial charge in [-0.3, -0.25) is 4.79 Å². The molecule has 0 unspecified atom stereocenters. The number of nitrogens with one attached hydrogen (secondary N) is 1. The summed E-state index contributed by atoms with van der Waals surface area (Å²) in [6, 6.07) is 8.95. The highest BCUT2D eigenvalue weighted by molar-refractivity contribution is 6.33. The minimum Gasteiger partial charge on any atom is -0.490 e. The topological polar surface area (TPSA) is 78.2 Å². The normalized spacial score (nSPS) is 22.0. The van der Waals surface area contributed by atoms with Crippen molar-refractivity contribution in [2.24, 2.45) is 11.3 Å². The Bertz CT molecular complexity index is 1190. The Morgan fingerprint density at radius 2 is 1.87 bits per heavy atom. The first-order valence-electron chi connectivity index (χ1n) is 13.6. The number of amides is 1. The van der Waals surface area contributed by atoms with Gasteiger partial charge in [0.2, 0.25) is 5.69 Å². The molecule has 1 aromatic heterocycles. The Morgan fingerprint density at radius 3 is 2.53 bits per heavy atom. The molecule has 0 atom stereocenters. The van der Waals surface area contributed by atoms with Crippen LogP contribution in [0.1, 0.15) is 36.2 Å². The molecule has 200 valence electrons. The van der Waals surface area contributed by atoms with Crippen molar-refractivity contribution >= 4 is 29.0 Å². The number of hydrogen-bond acceptors (Lipinski definition) is 7. The Labute approximate surface area is 228 Å². The zero-order valence-electron chi connectivity index (χ0n) is 21.6. The molecule has 1 N–H and O–H groups in total. The molecule has 4 fully saturated rings. The first-order valence-corrected chi connectivity index (χ1v) is 14.0. The summed E-state index contributed by atoms with van der Waals surface area (Å²) in [5.74, 6) is 2.26. The van der Waals surface area contributed by atoms with E-state index in [2.05, 4.69) is 30.2 Å². The van der Waals surface area contributed by atoms with Crippen molar-refractivity contribution in [3.8, 4) is 5.75 Å². The lowest BCUT2D eigenvalue weighted by Crippen LogP contribution is -2.65. The quantitative estimate of drug-likeness (QED) is 0.567. The van der Waals surface area contributed by atoms with Gasteiger partial charge < -0.3 is 24.8 Å². The van der Waals surface area contributed by atoms with Gasteiger partial charge in [-0.25, -0.2) is 4.85 Å². The van der Waals surface area contributed by atoms with Crippen LogP contribution in [0.3, 0.4) is 0 Å². The van der Waals surface area contributed by atoms with Gasteiger partial charge >= 0.3 is 0 Å². The van der Waals surface area contributed by atoms with E-state index in [0.29, 0.717) is 22.2 Å². The van der Waals surface area contributed by atoms with Crippen LogP contribution in [0.5, 0.6) is 5.75 Å². The van der Waals surface area contributed by atoms with Crippen molar-refractivity contribution in [1.29, 1.82) is 0 Å². The molecule has 4 heterocycles. The van der Waals surface area contributed by atoms with E-state index in [-0.39, 0.29) is 17.4 Å². The standard InChI is InChI=1S/C28H34ClN7O2/c1-30-24-3-2-21(14-23(24)29)38-22-15-28(16-22)18-36(19-28)27(37)25-4-5-26(33-32-25)35-10-6-20(7-11-35)17-34-12-8-31-9-13-34/h2-5,14,20,22,31H,6-13,15-19H2. The number of anilines is 1. The average Bonchev–Trinajstić information content (AvgIpc) is 2.90. The Morgan fingerprint density at radius 1 is 1.11 bits per heavy atom. The Balaban J connectivity index is 0.941. The summed E-state index contributed by atoms with van der Waals surface area (Å²) in [6.45, 7) is 16.3. The average molecular weight is 536 g/mol. The Kier molecular flexibility index (Phi) is 7.12. The minimum absolute atomic E-state index is 0.0460. The molecule has 3 saturated heterocycles. The Hall–Kier alpha value is -2.93. The number of carbonyl (C=O) groups is 1. The lowest BCUT2D eigenvalue weighted by Gasteiger charge is -2.58. The fourth-order valence-electron chi connectivity index (χ4n) is 6.37. The van der Waals surface area contributed by atoms with Crippen LogP contribution in [0.15, 0.2) is 30.3 Å². The zero-order valence-corrected chi connectivity index (χ0v) is 22.4. The van der Waals surface area contributed by atoms with Gasteiger partial charge in [-0.1, -0.05) is 17.7 Å². The van der Waals surface area contributed by atoms with Gasteiger partial charge in [0.05, 0.1) is 11.6 Å². The third-order valence-corrected chi connectivity index (χ3v) is 8.84. The van der Waals surface area contributed by atoms with E-state index in [9.17, 15) is 4.79 Å². The second-order valence-electron chi connectivity index (χ2n) is 11.3. The number of hydrogen-bond donors (Lipinski definition) is 1. The molecule has 6 rings (SSSR count). The van der Waals surface area contributed by atoms with E-state index in [1.165, 1.54) is 19.4 Å². The van der Waals surface area contributed by atoms with Gasteiger partial charge in [0, 0.05) is 64.3 Å². The van der Waals surface area contributed by atoms with E-state index >= 15 is 0 Å². The number of piperidine rings is 1. The van der Waals surface area contributed by atoms with Crippen molar-refractivity contribution in [3.63, 3.8) is 0 Å². The molecule has 9 nitrogen and oxygen atoms in total. The predicted molar refractivity (Wildman–Crippen MR) is 146 cm³/mol. The molecule has 10 heteroatoms. The summed E-state index contributed by atoms with van der Waals surface area (Å²) in [5.41, 5.74) is 0.987. The van der Waals surface area contributed by atoms with Gasteiger partial charge in [-0.05, 0) is 55.9 Å². The number of benzene rings is 1. The van der Waals surface area contributed by atoms with E-state index in [1.807, 2.05) is 17.0 Å². The minimum atomic E-state index is -0.0460. The van der Waals surface area contributed by atoms with Crippen LogP contribution in [0.25, 0.3) is 4.85 Å². The highest BCUT2D eigenvalue weighted by Crippen LogP contribution is 2.50. The van der Waals surface area contributed by atoms with Crippen LogP contribution in [-0.4, -0.2) is 90.9 Å². The summed E-state index contributed by atoms with van der Waals surface area (Å²) >= 11 is 6.12. The second kappa shape index (κ2) is 10.7. The van der Waals surface area contributed by atoms with Crippen LogP contribution in [0, 0.1) is 17.9 Å². The molecule has 0 bridgehead atoms. The summed E-state index contributed by atoms with van der Waals surface area (Å²) < 4.78 is 6.03. The number of aromatic nitrogens is 2. The van der Waals surface area contributed by atoms with Crippen LogP contribution in [0.2, 0.25) is 5.02 Å². The third kappa shape index (κ3) is 5.31. The lowest BCUT2D eigenvalue weighted by molar-refractivity contribution is -0.103. The number of piperazine rings is 1. The molecular formula is C28H34ClN7O2. The number of nitrogens with zero attached hydrogens (tertiary/aromatic N) is 6. The predicted octanol–water partition coefficient (Wildman–Crippen LogP) is 3.49. The summed E-state index contributed by atoms with van der Waals surface area (Å²) in [6.07, 6.45) is 4.28. The maximum atomic E-state index is 13.0. The SMILES string of the molecule is [C-]#[N+]c1ccc(OC2CC3(C2)CN(C(=O)c2ccc(N4CCC(CN5CCNCC5)CC4)nn2)C3)cc1Cl. The summed E-state index contributed by atoms with van der Waals surface area (Å²) in [7, 11) is 0. The van der Waals surface area contributed by atoms with Gasteiger partial charge in [0.25, 0.3) is 5.91 Å². The third-order valence-electron chi connectivity index (χ3n) is 8.54. The fourth-order valence-corrected chi connectivity index (χ4v) is 6.59. The summed E-state index contributed by atoms with van der Waals surface area (Å²) in [5, 5.41) is 12.5. The van der Waals surface area contributed by atoms with Crippen molar-refractivity contribution in [2.45, 2.75) is 31.8 Å². The molecular weight excluding hydrogens is 502 g/mol. The highest BCUT2D eigenvalue weighted by atomic mass is 35.5. The number of halogens is 1. The molecule has 0 radical (unpaired) electrons. The van der Waals surface area contributed by atoms with Crippen LogP contribution < -0.4 is 15.0 Å². The van der Waals surface area contributed by atoms with Crippen LogP contribution in [0.4, 0.5) is 11.5 Å². The lowest BCUT2D eigenvalue weighted by atomic mass is 9.61. The van der Waals surface area contributed by atoms with E-state index in [1.54, 1.807) is 18.2 Å². The molecule has 38 heavy (non-hydrogen) atoms. The molecule has 1 aromatic carbocycles. The van der Waals surface area contributed by atoms with E-state index in [0.717, 1.165) is 76.9 Å². The fraction of sp³-hybridized carbons (Fsp3) is 0.571. The highest BCUT2D eigenvalue weighted by Gasteiger charge is 2.55. The number of carbonyl (C=O) groups excluding carboxylic acids is 1. The smallest absolute Gasteiger partial charge is 0.274 e. The van der Waals surface area contributed by atoms with Gasteiger partial charge in [0.1, 0.15) is 11.9 Å². The molecule has 3 aliphatic heterocycles. The molecule has 1 aliphatic carbocycles. The molecule has 2 aromatic rings. The molecule has 1 amide bonds. The summed E-state index contributed by atoms with van der Waals surface area (Å²) in [4.78, 5) is 23.1. The maximum absolute atomic E-state index is 13.0.